The van der Waals surface area contributed by atoms with Crippen molar-refractivity contribution < 1.29 is 4.79 Å². The van der Waals surface area contributed by atoms with Crippen LogP contribution in [0.3, 0.4) is 0 Å². The van der Waals surface area contributed by atoms with Crippen LogP contribution in [-0.4, -0.2) is 42.7 Å². The summed E-state index contributed by atoms with van der Waals surface area (Å²) in [6.07, 6.45) is 10.9. The Balaban J connectivity index is 1.25. The maximum Gasteiger partial charge on any atom is 0.319 e. The number of fused-ring (bicyclic) bond motifs is 1. The van der Waals surface area contributed by atoms with Gasteiger partial charge >= 0.3 is 6.03 Å². The van der Waals surface area contributed by atoms with Gasteiger partial charge in [0.05, 0.1) is 5.69 Å². The van der Waals surface area contributed by atoms with Crippen LogP contribution in [0.25, 0.3) is 0 Å². The van der Waals surface area contributed by atoms with Crippen molar-refractivity contribution in [2.45, 2.75) is 77.2 Å². The average Bonchev–Trinajstić information content (AvgIpc) is 2.84. The lowest BCUT2D eigenvalue weighted by atomic mass is 9.86. The Morgan fingerprint density at radius 3 is 2.59 bits per heavy atom. The lowest BCUT2D eigenvalue weighted by molar-refractivity contribution is 0.246. The van der Waals surface area contributed by atoms with E-state index in [2.05, 4.69) is 47.9 Å². The number of carbonyl (C=O) groups excluding carboxylic acids is 1. The minimum Gasteiger partial charge on any atom is -0.362 e. The first kappa shape index (κ1) is 24.3. The Kier molecular flexibility index (Phi) is 8.25. The number of urea groups is 1. The fourth-order valence-electron chi connectivity index (χ4n) is 5.24. The number of benzene rings is 1. The van der Waals surface area contributed by atoms with E-state index in [0.29, 0.717) is 18.5 Å². The zero-order valence-corrected chi connectivity index (χ0v) is 21.0. The highest BCUT2D eigenvalue weighted by Gasteiger charge is 2.24. The van der Waals surface area contributed by atoms with Crippen molar-refractivity contribution in [3.63, 3.8) is 0 Å². The summed E-state index contributed by atoms with van der Waals surface area (Å²) in [5, 5.41) is 9.73. The predicted octanol–water partition coefficient (Wildman–Crippen LogP) is 5.17. The molecule has 4 rings (SSSR count). The molecule has 0 bridgehead atoms. The van der Waals surface area contributed by atoms with Gasteiger partial charge in [0, 0.05) is 37.9 Å². The van der Waals surface area contributed by atoms with Crippen molar-refractivity contribution in [1.82, 2.24) is 15.3 Å². The first-order valence-corrected chi connectivity index (χ1v) is 13.0. The van der Waals surface area contributed by atoms with Gasteiger partial charge in [-0.2, -0.15) is 4.98 Å². The van der Waals surface area contributed by atoms with Crippen LogP contribution >= 0.6 is 0 Å². The van der Waals surface area contributed by atoms with Gasteiger partial charge in [0.15, 0.2) is 0 Å². The van der Waals surface area contributed by atoms with Crippen molar-refractivity contribution >= 4 is 23.5 Å². The number of para-hydroxylation sites is 1. The molecule has 0 radical (unpaired) electrons. The van der Waals surface area contributed by atoms with Crippen molar-refractivity contribution in [3.05, 3.63) is 41.1 Å². The molecular formula is C27H40N6O. The maximum atomic E-state index is 12.5. The van der Waals surface area contributed by atoms with E-state index in [4.69, 9.17) is 9.97 Å². The van der Waals surface area contributed by atoms with Crippen LogP contribution in [0.2, 0.25) is 0 Å². The molecule has 2 aromatic rings. The third-order valence-electron chi connectivity index (χ3n) is 7.10. The van der Waals surface area contributed by atoms with Crippen LogP contribution in [0.4, 0.5) is 22.2 Å². The summed E-state index contributed by atoms with van der Waals surface area (Å²) in [5.41, 5.74) is 4.65. The molecule has 0 spiro atoms. The van der Waals surface area contributed by atoms with Crippen LogP contribution < -0.4 is 20.9 Å². The van der Waals surface area contributed by atoms with Crippen LogP contribution in [0.5, 0.6) is 0 Å². The number of aryl methyl sites for hydroxylation is 2. The zero-order valence-electron chi connectivity index (χ0n) is 21.0. The average molecular weight is 465 g/mol. The largest absolute Gasteiger partial charge is 0.362 e. The van der Waals surface area contributed by atoms with Crippen molar-refractivity contribution in [3.8, 4) is 0 Å². The summed E-state index contributed by atoms with van der Waals surface area (Å²) in [5.74, 6) is 2.35. The Labute approximate surface area is 204 Å². The normalized spacial score (nSPS) is 19.7. The lowest BCUT2D eigenvalue weighted by Gasteiger charge is -2.30. The summed E-state index contributed by atoms with van der Waals surface area (Å²) in [4.78, 5) is 24.3. The topological polar surface area (TPSA) is 82.2 Å². The van der Waals surface area contributed by atoms with Crippen molar-refractivity contribution in [2.24, 2.45) is 5.92 Å². The summed E-state index contributed by atoms with van der Waals surface area (Å²) < 4.78 is 0. The summed E-state index contributed by atoms with van der Waals surface area (Å²) in [6, 6.07) is 8.34. The molecule has 0 atom stereocenters. The quantitative estimate of drug-likeness (QED) is 0.502. The molecule has 184 valence electrons. The number of hydrogen-bond acceptors (Lipinski definition) is 5. The predicted molar refractivity (Wildman–Crippen MR) is 140 cm³/mol. The van der Waals surface area contributed by atoms with E-state index in [1.165, 1.54) is 29.7 Å². The highest BCUT2D eigenvalue weighted by molar-refractivity contribution is 5.90. The fraction of sp³-hybridized carbons (Fsp3) is 0.593. The number of nitrogens with zero attached hydrogens (tertiary/aromatic N) is 3. The van der Waals surface area contributed by atoms with Gasteiger partial charge in [-0.3, -0.25) is 0 Å². The van der Waals surface area contributed by atoms with Crippen LogP contribution in [0, 0.1) is 5.92 Å². The van der Waals surface area contributed by atoms with Crippen LogP contribution in [0.1, 0.15) is 68.7 Å². The molecule has 0 aliphatic heterocycles. The number of aromatic nitrogens is 2. The van der Waals surface area contributed by atoms with Gasteiger partial charge < -0.3 is 20.9 Å². The van der Waals surface area contributed by atoms with Gasteiger partial charge in [0.25, 0.3) is 0 Å². The van der Waals surface area contributed by atoms with Gasteiger partial charge in [-0.1, -0.05) is 31.5 Å². The number of amides is 2. The zero-order chi connectivity index (χ0) is 23.9. The SMILES string of the molecule is CCCc1ccccc1NC(=O)NC[C@H]1CC[C@@H](Nc2nc3c(c(N(C)C)n2)CCCC3)CC1. The lowest BCUT2D eigenvalue weighted by Crippen LogP contribution is -2.36. The van der Waals surface area contributed by atoms with E-state index in [-0.39, 0.29) is 6.03 Å². The molecule has 1 fully saturated rings. The van der Waals surface area contributed by atoms with E-state index in [0.717, 1.165) is 68.8 Å². The molecule has 0 saturated heterocycles. The number of rotatable bonds is 8. The van der Waals surface area contributed by atoms with E-state index >= 15 is 0 Å². The molecule has 2 amide bonds. The monoisotopic (exact) mass is 464 g/mol. The van der Waals surface area contributed by atoms with Gasteiger partial charge in [-0.15, -0.1) is 0 Å². The van der Waals surface area contributed by atoms with Crippen molar-refractivity contribution in [1.29, 1.82) is 0 Å². The first-order chi connectivity index (χ1) is 16.5. The molecule has 7 heteroatoms. The Bertz CT molecular complexity index is 968. The molecule has 1 saturated carbocycles. The molecule has 1 heterocycles. The molecule has 2 aliphatic carbocycles. The molecule has 2 aliphatic rings. The maximum absolute atomic E-state index is 12.5. The van der Waals surface area contributed by atoms with Crippen molar-refractivity contribution in [2.75, 3.05) is 36.2 Å². The highest BCUT2D eigenvalue weighted by Crippen LogP contribution is 2.30. The Morgan fingerprint density at radius 2 is 1.82 bits per heavy atom. The second-order valence-electron chi connectivity index (χ2n) is 10.0. The fourth-order valence-corrected chi connectivity index (χ4v) is 5.24. The number of nitrogens with one attached hydrogen (secondary N) is 3. The van der Waals surface area contributed by atoms with Gasteiger partial charge in [0.1, 0.15) is 5.82 Å². The van der Waals surface area contributed by atoms with Crippen LogP contribution in [-0.2, 0) is 19.3 Å². The summed E-state index contributed by atoms with van der Waals surface area (Å²) >= 11 is 0. The Morgan fingerprint density at radius 1 is 1.06 bits per heavy atom. The van der Waals surface area contributed by atoms with E-state index in [1.807, 2.05) is 18.2 Å². The smallest absolute Gasteiger partial charge is 0.319 e. The number of hydrogen-bond donors (Lipinski definition) is 3. The van der Waals surface area contributed by atoms with Gasteiger partial charge in [0.2, 0.25) is 5.95 Å². The third-order valence-corrected chi connectivity index (χ3v) is 7.10. The number of anilines is 3. The van der Waals surface area contributed by atoms with Gasteiger partial charge in [-0.05, 0) is 75.3 Å². The molecular weight excluding hydrogens is 424 g/mol. The molecule has 7 nitrogen and oxygen atoms in total. The standard InChI is InChI=1S/C27H40N6O/c1-4-9-20-10-5-7-12-23(20)31-27(34)28-18-19-14-16-21(17-15-19)29-26-30-24-13-8-6-11-22(24)25(32-26)33(2)3/h5,7,10,12,19,21H,4,6,8-9,11,13-18H2,1-3H3,(H2,28,31,34)(H,29,30,32)/t19-,21+. The summed E-state index contributed by atoms with van der Waals surface area (Å²) in [7, 11) is 4.13. The minimum absolute atomic E-state index is 0.109. The third kappa shape index (κ3) is 6.19. The molecule has 34 heavy (non-hydrogen) atoms. The molecule has 1 aromatic carbocycles. The van der Waals surface area contributed by atoms with Crippen LogP contribution in [0.15, 0.2) is 24.3 Å². The van der Waals surface area contributed by atoms with E-state index in [1.54, 1.807) is 0 Å². The summed E-state index contributed by atoms with van der Waals surface area (Å²) in [6.45, 7) is 2.87. The molecule has 3 N–H and O–H groups in total. The Hall–Kier alpha value is -2.83. The second kappa shape index (κ2) is 11.5. The van der Waals surface area contributed by atoms with E-state index in [9.17, 15) is 4.79 Å². The molecule has 1 aromatic heterocycles. The minimum atomic E-state index is -0.109. The molecule has 0 unspecified atom stereocenters. The second-order valence-corrected chi connectivity index (χ2v) is 10.0. The first-order valence-electron chi connectivity index (χ1n) is 13.0. The van der Waals surface area contributed by atoms with E-state index < -0.39 is 0 Å². The highest BCUT2D eigenvalue weighted by atomic mass is 16.2. The van der Waals surface area contributed by atoms with Gasteiger partial charge in [-0.25, -0.2) is 9.78 Å². The number of carbonyl (C=O) groups is 1.